The van der Waals surface area contributed by atoms with Crippen molar-refractivity contribution in [3.63, 3.8) is 0 Å². The van der Waals surface area contributed by atoms with E-state index >= 15 is 0 Å². The number of phenols is 1. The molecule has 0 bridgehead atoms. The molecule has 0 saturated carbocycles. The summed E-state index contributed by atoms with van der Waals surface area (Å²) in [6.45, 7) is 6.86. The minimum absolute atomic E-state index is 0.371. The molecule has 0 saturated heterocycles. The molecule has 4 heteroatoms. The predicted molar refractivity (Wildman–Crippen MR) is 98.8 cm³/mol. The number of nitrogens with zero attached hydrogens (tertiary/aromatic N) is 2. The second-order valence-corrected chi connectivity index (χ2v) is 6.90. The summed E-state index contributed by atoms with van der Waals surface area (Å²) in [6, 6.07) is 13.8. The second-order valence-electron chi connectivity index (χ2n) is 5.51. The average Bonchev–Trinajstić information content (AvgIpc) is 2.57. The van der Waals surface area contributed by atoms with E-state index in [1.807, 2.05) is 30.0 Å². The maximum atomic E-state index is 10.0. The summed E-state index contributed by atoms with van der Waals surface area (Å²) in [5.74, 6) is 2.60. The molecule has 2 rings (SSSR count). The molecule has 0 spiro atoms. The normalized spacial score (nSPS) is 11.1. The van der Waals surface area contributed by atoms with Gasteiger partial charge in [0.25, 0.3) is 0 Å². The Labute approximate surface area is 143 Å². The van der Waals surface area contributed by atoms with Crippen molar-refractivity contribution in [3.8, 4) is 5.75 Å². The zero-order chi connectivity index (χ0) is 16.5. The van der Waals surface area contributed by atoms with Gasteiger partial charge in [-0.3, -0.25) is 9.88 Å². The molecule has 0 amide bonds. The molecule has 23 heavy (non-hydrogen) atoms. The highest BCUT2D eigenvalue weighted by Crippen LogP contribution is 2.19. The van der Waals surface area contributed by atoms with E-state index < -0.39 is 0 Å². The molecule has 1 N–H and O–H groups in total. The molecule has 0 unspecified atom stereocenters. The molecule has 1 aromatic carbocycles. The van der Waals surface area contributed by atoms with Crippen molar-refractivity contribution < 1.29 is 5.11 Å². The van der Waals surface area contributed by atoms with Gasteiger partial charge < -0.3 is 5.11 Å². The number of benzene rings is 1. The van der Waals surface area contributed by atoms with E-state index in [1.165, 1.54) is 0 Å². The zero-order valence-corrected chi connectivity index (χ0v) is 14.9. The van der Waals surface area contributed by atoms with Crippen LogP contribution < -0.4 is 0 Å². The Kier molecular flexibility index (Phi) is 7.43. The van der Waals surface area contributed by atoms with E-state index in [-0.39, 0.29) is 0 Å². The number of para-hydroxylation sites is 1. The van der Waals surface area contributed by atoms with Gasteiger partial charge in [0, 0.05) is 36.6 Å². The third-order valence-corrected chi connectivity index (χ3v) is 4.63. The van der Waals surface area contributed by atoms with Gasteiger partial charge in [-0.2, -0.15) is 11.8 Å². The minimum atomic E-state index is 0.371. The van der Waals surface area contributed by atoms with Gasteiger partial charge in [0.05, 0.1) is 5.69 Å². The van der Waals surface area contributed by atoms with Crippen molar-refractivity contribution in [1.82, 2.24) is 9.88 Å². The van der Waals surface area contributed by atoms with Gasteiger partial charge in [-0.05, 0) is 30.4 Å². The van der Waals surface area contributed by atoms with Crippen LogP contribution in [0, 0.1) is 0 Å². The number of pyridine rings is 1. The van der Waals surface area contributed by atoms with Crippen molar-refractivity contribution >= 4 is 11.8 Å². The first-order valence-electron chi connectivity index (χ1n) is 8.24. The SMILES string of the molecule is CCSCCN(Cc1cccc(CC)n1)Cc1ccccc1O. The van der Waals surface area contributed by atoms with E-state index in [9.17, 15) is 5.11 Å². The Bertz CT molecular complexity index is 603. The second kappa shape index (κ2) is 9.58. The minimum Gasteiger partial charge on any atom is -0.508 e. The summed E-state index contributed by atoms with van der Waals surface area (Å²) in [5.41, 5.74) is 3.20. The molecule has 0 aliphatic rings. The lowest BCUT2D eigenvalue weighted by atomic mass is 10.2. The van der Waals surface area contributed by atoms with Gasteiger partial charge in [-0.25, -0.2) is 0 Å². The number of phenolic OH excluding ortho intramolecular Hbond substituents is 1. The molecule has 0 atom stereocenters. The highest BCUT2D eigenvalue weighted by molar-refractivity contribution is 7.99. The monoisotopic (exact) mass is 330 g/mol. The van der Waals surface area contributed by atoms with Gasteiger partial charge >= 0.3 is 0 Å². The first-order chi connectivity index (χ1) is 11.2. The third kappa shape index (κ3) is 5.88. The van der Waals surface area contributed by atoms with Crippen LogP contribution in [0.1, 0.15) is 30.8 Å². The van der Waals surface area contributed by atoms with Crippen molar-refractivity contribution in [2.75, 3.05) is 18.1 Å². The van der Waals surface area contributed by atoms with E-state index in [1.54, 1.807) is 6.07 Å². The van der Waals surface area contributed by atoms with Gasteiger partial charge in [-0.15, -0.1) is 0 Å². The van der Waals surface area contributed by atoms with Crippen LogP contribution in [-0.4, -0.2) is 33.0 Å². The Morgan fingerprint density at radius 3 is 2.52 bits per heavy atom. The first kappa shape index (κ1) is 17.8. The predicted octanol–water partition coefficient (Wildman–Crippen LogP) is 4.10. The van der Waals surface area contributed by atoms with Crippen LogP contribution in [0.3, 0.4) is 0 Å². The van der Waals surface area contributed by atoms with E-state index in [4.69, 9.17) is 4.98 Å². The lowest BCUT2D eigenvalue weighted by Gasteiger charge is -2.22. The van der Waals surface area contributed by atoms with E-state index in [0.717, 1.165) is 54.5 Å². The quantitative estimate of drug-likeness (QED) is 0.702. The first-order valence-corrected chi connectivity index (χ1v) is 9.40. The summed E-state index contributed by atoms with van der Waals surface area (Å²) in [6.07, 6.45) is 0.957. The fourth-order valence-electron chi connectivity index (χ4n) is 2.48. The number of aryl methyl sites for hydroxylation is 1. The third-order valence-electron chi connectivity index (χ3n) is 3.75. The maximum Gasteiger partial charge on any atom is 0.120 e. The topological polar surface area (TPSA) is 36.4 Å². The van der Waals surface area contributed by atoms with Crippen LogP contribution in [-0.2, 0) is 19.5 Å². The molecule has 2 aromatic rings. The van der Waals surface area contributed by atoms with Gasteiger partial charge in [0.15, 0.2) is 0 Å². The van der Waals surface area contributed by atoms with Gasteiger partial charge in [0.1, 0.15) is 5.75 Å². The molecule has 0 fully saturated rings. The largest absolute Gasteiger partial charge is 0.508 e. The van der Waals surface area contributed by atoms with E-state index in [0.29, 0.717) is 5.75 Å². The summed E-state index contributed by atoms with van der Waals surface area (Å²) < 4.78 is 0. The fraction of sp³-hybridized carbons (Fsp3) is 0.421. The molecule has 0 aliphatic carbocycles. The Hall–Kier alpha value is -1.52. The van der Waals surface area contributed by atoms with Gasteiger partial charge in [-0.1, -0.05) is 38.1 Å². The summed E-state index contributed by atoms with van der Waals surface area (Å²) in [5, 5.41) is 10.0. The molecule has 1 heterocycles. The summed E-state index contributed by atoms with van der Waals surface area (Å²) in [7, 11) is 0. The zero-order valence-electron chi connectivity index (χ0n) is 14.0. The molecule has 0 radical (unpaired) electrons. The lowest BCUT2D eigenvalue weighted by Crippen LogP contribution is -2.26. The Balaban J connectivity index is 2.08. The molecular formula is C19H26N2OS. The van der Waals surface area contributed by atoms with Crippen molar-refractivity contribution in [3.05, 3.63) is 59.4 Å². The van der Waals surface area contributed by atoms with Crippen molar-refractivity contribution in [2.24, 2.45) is 0 Å². The summed E-state index contributed by atoms with van der Waals surface area (Å²) in [4.78, 5) is 7.07. The van der Waals surface area contributed by atoms with Crippen LogP contribution in [0.4, 0.5) is 0 Å². The number of hydrogen-bond acceptors (Lipinski definition) is 4. The van der Waals surface area contributed by atoms with Crippen molar-refractivity contribution in [1.29, 1.82) is 0 Å². The molecule has 1 aromatic heterocycles. The highest BCUT2D eigenvalue weighted by Gasteiger charge is 2.10. The number of rotatable bonds is 9. The average molecular weight is 330 g/mol. The van der Waals surface area contributed by atoms with Crippen LogP contribution in [0.5, 0.6) is 5.75 Å². The standard InChI is InChI=1S/C19H26N2OS/c1-3-17-9-7-10-18(20-17)15-21(12-13-23-4-2)14-16-8-5-6-11-19(16)22/h5-11,22H,3-4,12-15H2,1-2H3. The smallest absolute Gasteiger partial charge is 0.120 e. The Morgan fingerprint density at radius 1 is 1.00 bits per heavy atom. The van der Waals surface area contributed by atoms with Crippen LogP contribution in [0.2, 0.25) is 0 Å². The van der Waals surface area contributed by atoms with Crippen LogP contribution in [0.15, 0.2) is 42.5 Å². The lowest BCUT2D eigenvalue weighted by molar-refractivity contribution is 0.266. The Morgan fingerprint density at radius 2 is 1.78 bits per heavy atom. The van der Waals surface area contributed by atoms with Gasteiger partial charge in [0.2, 0.25) is 0 Å². The molecule has 0 aliphatic heterocycles. The number of thioether (sulfide) groups is 1. The summed E-state index contributed by atoms with van der Waals surface area (Å²) >= 11 is 1.94. The maximum absolute atomic E-state index is 10.0. The number of aromatic nitrogens is 1. The number of aromatic hydroxyl groups is 1. The number of hydrogen-bond donors (Lipinski definition) is 1. The van der Waals surface area contributed by atoms with Crippen LogP contribution in [0.25, 0.3) is 0 Å². The molecule has 3 nitrogen and oxygen atoms in total. The van der Waals surface area contributed by atoms with E-state index in [2.05, 4.69) is 36.9 Å². The highest BCUT2D eigenvalue weighted by atomic mass is 32.2. The molecular weight excluding hydrogens is 304 g/mol. The van der Waals surface area contributed by atoms with Crippen LogP contribution >= 0.6 is 11.8 Å². The fourth-order valence-corrected chi connectivity index (χ4v) is 3.16. The molecule has 124 valence electrons. The van der Waals surface area contributed by atoms with Crippen molar-refractivity contribution in [2.45, 2.75) is 33.4 Å².